The van der Waals surface area contributed by atoms with Crippen molar-refractivity contribution in [2.24, 2.45) is 0 Å². The molecule has 0 aliphatic heterocycles. The highest BCUT2D eigenvalue weighted by atomic mass is 32.2. The van der Waals surface area contributed by atoms with Crippen LogP contribution in [0.2, 0.25) is 0 Å². The van der Waals surface area contributed by atoms with Gasteiger partial charge in [-0.25, -0.2) is 5.10 Å². The van der Waals surface area contributed by atoms with Crippen LogP contribution in [-0.2, 0) is 14.8 Å². The lowest BCUT2D eigenvalue weighted by Crippen LogP contribution is -2.17. The summed E-state index contributed by atoms with van der Waals surface area (Å²) in [6, 6.07) is 10.2. The van der Waals surface area contributed by atoms with E-state index >= 15 is 0 Å². The van der Waals surface area contributed by atoms with Crippen LogP contribution in [0.4, 0.5) is 5.69 Å². The van der Waals surface area contributed by atoms with E-state index in [1.165, 1.54) is 50.4 Å². The summed E-state index contributed by atoms with van der Waals surface area (Å²) < 4.78 is 31.5. The van der Waals surface area contributed by atoms with E-state index < -0.39 is 15.6 Å². The van der Waals surface area contributed by atoms with Crippen molar-refractivity contribution in [3.05, 3.63) is 52.8 Å². The third-order valence-corrected chi connectivity index (χ3v) is 5.22. The van der Waals surface area contributed by atoms with Gasteiger partial charge < -0.3 is 10.1 Å². The zero-order chi connectivity index (χ0) is 18.2. The Morgan fingerprint density at radius 3 is 2.44 bits per heavy atom. The predicted octanol–water partition coefficient (Wildman–Crippen LogP) is 1.53. The summed E-state index contributed by atoms with van der Waals surface area (Å²) in [5, 5.41) is 5.10. The molecular weight excluding hydrogens is 346 g/mol. The number of hydrogen-bond acceptors (Lipinski definition) is 5. The Balaban J connectivity index is 2.10. The second kappa shape index (κ2) is 6.10. The number of carbonyl (C=O) groups excluding carboxylic acids is 1. The first-order chi connectivity index (χ1) is 11.8. The van der Waals surface area contributed by atoms with Gasteiger partial charge in [-0.15, -0.1) is 0 Å². The van der Waals surface area contributed by atoms with Crippen LogP contribution in [0, 0.1) is 0 Å². The zero-order valence-electron chi connectivity index (χ0n) is 13.4. The molecule has 0 bridgehead atoms. The Kier molecular flexibility index (Phi) is 4.09. The van der Waals surface area contributed by atoms with Gasteiger partial charge in [0.1, 0.15) is 5.75 Å². The third kappa shape index (κ3) is 3.01. The van der Waals surface area contributed by atoms with Crippen molar-refractivity contribution in [3.8, 4) is 5.75 Å². The number of benzene rings is 2. The van der Waals surface area contributed by atoms with Crippen molar-refractivity contribution in [3.63, 3.8) is 0 Å². The molecule has 0 saturated carbocycles. The highest BCUT2D eigenvalue weighted by Crippen LogP contribution is 2.22. The molecule has 0 atom stereocenters. The molecule has 0 unspecified atom stereocenters. The monoisotopic (exact) mass is 361 g/mol. The van der Waals surface area contributed by atoms with Crippen LogP contribution < -0.4 is 15.6 Å². The molecule has 3 rings (SSSR count). The lowest BCUT2D eigenvalue weighted by Gasteiger charge is -2.08. The summed E-state index contributed by atoms with van der Waals surface area (Å²) in [6.45, 7) is 1.36. The lowest BCUT2D eigenvalue weighted by atomic mass is 10.2. The summed E-state index contributed by atoms with van der Waals surface area (Å²) in [5.74, 6) is 0.193. The number of methoxy groups -OCH3 is 1. The summed E-state index contributed by atoms with van der Waals surface area (Å²) in [5.41, 5.74) is 0.158. The molecule has 2 aromatic carbocycles. The Labute approximate surface area is 143 Å². The number of H-pyrrole nitrogens is 1. The molecule has 1 amide bonds. The van der Waals surface area contributed by atoms with Gasteiger partial charge >= 0.3 is 0 Å². The number of carbonyl (C=O) groups is 1. The van der Waals surface area contributed by atoms with Gasteiger partial charge in [-0.1, -0.05) is 0 Å². The number of rotatable bonds is 4. The Hall–Kier alpha value is -3.07. The Morgan fingerprint density at radius 2 is 1.84 bits per heavy atom. The highest BCUT2D eigenvalue weighted by molar-refractivity contribution is 7.90. The normalized spacial score (nSPS) is 11.4. The number of anilines is 1. The number of aromatic amines is 1. The molecule has 130 valence electrons. The van der Waals surface area contributed by atoms with E-state index in [4.69, 9.17) is 4.74 Å². The summed E-state index contributed by atoms with van der Waals surface area (Å²) in [7, 11) is -2.54. The minimum Gasteiger partial charge on any atom is -0.497 e. The van der Waals surface area contributed by atoms with E-state index in [1.807, 2.05) is 0 Å². The van der Waals surface area contributed by atoms with Crippen LogP contribution in [0.3, 0.4) is 0 Å². The molecule has 0 fully saturated rings. The quantitative estimate of drug-likeness (QED) is 0.732. The maximum Gasteiger partial charge on any atom is 0.281 e. The number of aromatic nitrogens is 2. The number of hydrogen-bond donors (Lipinski definition) is 2. The number of amides is 1. The van der Waals surface area contributed by atoms with Crippen molar-refractivity contribution < 1.29 is 17.9 Å². The molecule has 0 saturated heterocycles. The van der Waals surface area contributed by atoms with Crippen molar-refractivity contribution >= 4 is 32.5 Å². The van der Waals surface area contributed by atoms with E-state index in [0.29, 0.717) is 11.4 Å². The van der Waals surface area contributed by atoms with Gasteiger partial charge in [-0.3, -0.25) is 9.59 Å². The van der Waals surface area contributed by atoms with Crippen LogP contribution in [-0.4, -0.2) is 30.6 Å². The van der Waals surface area contributed by atoms with E-state index in [9.17, 15) is 18.0 Å². The molecule has 0 aliphatic carbocycles. The third-order valence-electron chi connectivity index (χ3n) is 3.58. The summed E-state index contributed by atoms with van der Waals surface area (Å²) >= 11 is 0. The molecule has 1 aromatic heterocycles. The number of fused-ring (bicyclic) bond motifs is 1. The molecule has 1 heterocycles. The number of nitrogens with one attached hydrogen (secondary N) is 2. The van der Waals surface area contributed by atoms with Gasteiger partial charge in [-0.2, -0.15) is 12.5 Å². The summed E-state index contributed by atoms with van der Waals surface area (Å²) in [6.07, 6.45) is 0. The minimum atomic E-state index is -4.00. The average Bonchev–Trinajstić information content (AvgIpc) is 2.92. The lowest BCUT2D eigenvalue weighted by molar-refractivity contribution is -0.114. The zero-order valence-corrected chi connectivity index (χ0v) is 14.3. The SMILES string of the molecule is COc1ccc2c(c1)c(=O)[nH]n2S(=O)(=O)c1ccc(NC(C)=O)cc1. The van der Waals surface area contributed by atoms with E-state index in [1.54, 1.807) is 6.07 Å². The van der Waals surface area contributed by atoms with Crippen LogP contribution in [0.1, 0.15) is 6.92 Å². The molecular formula is C16H15N3O5S. The van der Waals surface area contributed by atoms with Gasteiger partial charge in [0.15, 0.2) is 0 Å². The first kappa shape index (κ1) is 16.8. The van der Waals surface area contributed by atoms with Crippen molar-refractivity contribution in [1.29, 1.82) is 0 Å². The molecule has 0 aliphatic rings. The van der Waals surface area contributed by atoms with Crippen molar-refractivity contribution in [2.45, 2.75) is 11.8 Å². The standard InChI is InChI=1S/C16H15N3O5S/c1-10(20)17-11-3-6-13(7-4-11)25(22,23)19-15-8-5-12(24-2)9-14(15)16(21)18-19/h3-9H,1-2H3,(H,17,20)(H,18,21). The fourth-order valence-electron chi connectivity index (χ4n) is 2.42. The smallest absolute Gasteiger partial charge is 0.281 e. The van der Waals surface area contributed by atoms with Gasteiger partial charge in [-0.05, 0) is 42.5 Å². The molecule has 3 aromatic rings. The fraction of sp³-hybridized carbons (Fsp3) is 0.125. The van der Waals surface area contributed by atoms with E-state index in [-0.39, 0.29) is 21.7 Å². The minimum absolute atomic E-state index is 0.0226. The summed E-state index contributed by atoms with van der Waals surface area (Å²) in [4.78, 5) is 23.1. The second-order valence-electron chi connectivity index (χ2n) is 5.30. The van der Waals surface area contributed by atoms with Gasteiger partial charge in [0.25, 0.3) is 15.6 Å². The maximum atomic E-state index is 12.8. The fourth-order valence-corrected chi connectivity index (χ4v) is 3.73. The molecule has 0 spiro atoms. The van der Waals surface area contributed by atoms with Crippen LogP contribution >= 0.6 is 0 Å². The molecule has 0 radical (unpaired) electrons. The largest absolute Gasteiger partial charge is 0.497 e. The van der Waals surface area contributed by atoms with Crippen LogP contribution in [0.5, 0.6) is 5.75 Å². The predicted molar refractivity (Wildman–Crippen MR) is 92.4 cm³/mol. The molecule has 9 heteroatoms. The molecule has 8 nitrogen and oxygen atoms in total. The van der Waals surface area contributed by atoms with Gasteiger partial charge in [0.05, 0.1) is 22.9 Å². The second-order valence-corrected chi connectivity index (χ2v) is 7.09. The first-order valence-corrected chi connectivity index (χ1v) is 8.69. The first-order valence-electron chi connectivity index (χ1n) is 7.25. The topological polar surface area (TPSA) is 110 Å². The van der Waals surface area contributed by atoms with Gasteiger partial charge in [0, 0.05) is 12.6 Å². The van der Waals surface area contributed by atoms with E-state index in [2.05, 4.69) is 10.4 Å². The van der Waals surface area contributed by atoms with E-state index in [0.717, 1.165) is 4.09 Å². The van der Waals surface area contributed by atoms with Crippen molar-refractivity contribution in [1.82, 2.24) is 9.19 Å². The van der Waals surface area contributed by atoms with Crippen LogP contribution in [0.15, 0.2) is 52.2 Å². The van der Waals surface area contributed by atoms with Crippen molar-refractivity contribution in [2.75, 3.05) is 12.4 Å². The Morgan fingerprint density at radius 1 is 1.16 bits per heavy atom. The Bertz CT molecular complexity index is 1110. The molecule has 2 N–H and O–H groups in total. The maximum absolute atomic E-state index is 12.8. The van der Waals surface area contributed by atoms with Crippen LogP contribution in [0.25, 0.3) is 10.9 Å². The van der Waals surface area contributed by atoms with Gasteiger partial charge in [0.2, 0.25) is 5.91 Å². The average molecular weight is 361 g/mol. The molecule has 25 heavy (non-hydrogen) atoms. The number of ether oxygens (including phenoxy) is 1. The number of nitrogens with zero attached hydrogens (tertiary/aromatic N) is 1. The highest BCUT2D eigenvalue weighted by Gasteiger charge is 2.21.